The summed E-state index contributed by atoms with van der Waals surface area (Å²) < 4.78 is 39.7. The molecule has 1 amide bonds. The zero-order valence-corrected chi connectivity index (χ0v) is 13.3. The molecule has 1 aromatic rings. The Morgan fingerprint density at radius 3 is 2.46 bits per heavy atom. The first-order valence-electron chi connectivity index (χ1n) is 7.48. The summed E-state index contributed by atoms with van der Waals surface area (Å²) in [4.78, 5) is 25.0. The number of alkyl halides is 3. The minimum atomic E-state index is -4.74. The van der Waals surface area contributed by atoms with Crippen LogP contribution in [0.5, 0.6) is 0 Å². The highest BCUT2D eigenvalue weighted by Gasteiger charge is 2.38. The zero-order chi connectivity index (χ0) is 18.1. The van der Waals surface area contributed by atoms with E-state index in [9.17, 15) is 28.1 Å². The average molecular weight is 345 g/mol. The largest absolute Gasteiger partial charge is 0.418 e. The smallest absolute Gasteiger partial charge is 0.360 e. The van der Waals surface area contributed by atoms with Gasteiger partial charge in [-0.15, -0.1) is 0 Å². The van der Waals surface area contributed by atoms with Gasteiger partial charge in [0.2, 0.25) is 5.91 Å². The van der Waals surface area contributed by atoms with Gasteiger partial charge >= 0.3 is 6.18 Å². The molecule has 1 saturated heterocycles. The van der Waals surface area contributed by atoms with Gasteiger partial charge in [-0.25, -0.2) is 0 Å². The van der Waals surface area contributed by atoms with E-state index in [2.05, 4.69) is 0 Å². The van der Waals surface area contributed by atoms with Crippen LogP contribution in [0.25, 0.3) is 0 Å². The van der Waals surface area contributed by atoms with E-state index in [4.69, 9.17) is 0 Å². The summed E-state index contributed by atoms with van der Waals surface area (Å²) in [5.41, 5.74) is -1.93. The molecule has 0 saturated carbocycles. The third-order valence-electron chi connectivity index (χ3n) is 3.74. The number of nitrogens with zero attached hydrogens (tertiary/aromatic N) is 3. The van der Waals surface area contributed by atoms with Crippen LogP contribution in [0.15, 0.2) is 18.2 Å². The molecule has 0 radical (unpaired) electrons. The molecule has 9 heteroatoms. The number of piperazine rings is 1. The zero-order valence-electron chi connectivity index (χ0n) is 13.3. The molecule has 1 aromatic carbocycles. The first-order valence-corrected chi connectivity index (χ1v) is 7.48. The molecular formula is C15H18F3N3O3. The van der Waals surface area contributed by atoms with E-state index in [0.717, 1.165) is 12.1 Å². The lowest BCUT2D eigenvalue weighted by Gasteiger charge is -2.37. The summed E-state index contributed by atoms with van der Waals surface area (Å²) >= 11 is 0. The average Bonchev–Trinajstić information content (AvgIpc) is 2.47. The van der Waals surface area contributed by atoms with Gasteiger partial charge in [0, 0.05) is 37.5 Å². The Kier molecular flexibility index (Phi) is 5.00. The van der Waals surface area contributed by atoms with E-state index >= 15 is 0 Å². The molecular weight excluding hydrogens is 327 g/mol. The highest BCUT2D eigenvalue weighted by molar-refractivity contribution is 5.83. The first-order chi connectivity index (χ1) is 11.1. The van der Waals surface area contributed by atoms with Crippen LogP contribution in [-0.4, -0.2) is 41.9 Å². The first kappa shape index (κ1) is 18.0. The van der Waals surface area contributed by atoms with Gasteiger partial charge in [-0.3, -0.25) is 14.9 Å². The number of nitro benzene ring substituents is 1. The molecule has 1 aliphatic rings. The van der Waals surface area contributed by atoms with Gasteiger partial charge < -0.3 is 9.80 Å². The molecule has 2 rings (SSSR count). The van der Waals surface area contributed by atoms with Crippen molar-refractivity contribution in [1.29, 1.82) is 0 Å². The van der Waals surface area contributed by atoms with Crippen LogP contribution in [0.3, 0.4) is 0 Å². The van der Waals surface area contributed by atoms with Crippen molar-refractivity contribution in [2.24, 2.45) is 5.92 Å². The number of carbonyl (C=O) groups excluding carboxylic acids is 1. The van der Waals surface area contributed by atoms with Gasteiger partial charge in [0.25, 0.3) is 5.69 Å². The normalized spacial score (nSPS) is 16.0. The van der Waals surface area contributed by atoms with Crippen molar-refractivity contribution in [2.45, 2.75) is 20.0 Å². The Balaban J connectivity index is 2.29. The van der Waals surface area contributed by atoms with Crippen LogP contribution in [0.1, 0.15) is 19.4 Å². The second kappa shape index (κ2) is 6.66. The molecule has 0 aromatic heterocycles. The Morgan fingerprint density at radius 2 is 1.96 bits per heavy atom. The highest BCUT2D eigenvalue weighted by atomic mass is 19.4. The molecule has 1 aliphatic heterocycles. The molecule has 0 unspecified atom stereocenters. The van der Waals surface area contributed by atoms with Crippen molar-refractivity contribution < 1.29 is 22.9 Å². The number of carbonyl (C=O) groups is 1. The number of hydrogen-bond donors (Lipinski definition) is 0. The lowest BCUT2D eigenvalue weighted by atomic mass is 10.1. The third kappa shape index (κ3) is 3.95. The maximum absolute atomic E-state index is 13.2. The van der Waals surface area contributed by atoms with Gasteiger partial charge in [0.1, 0.15) is 0 Å². The molecule has 6 nitrogen and oxygen atoms in total. The lowest BCUT2D eigenvalue weighted by molar-refractivity contribution is -0.385. The standard InChI is InChI=1S/C15H18F3N3O3/c1-10(2)8-20-6-5-19(9-14(20)22)13-4-3-11(21(23)24)7-12(13)15(16,17)18/h3-4,7,10H,5-6,8-9H2,1-2H3. The number of amides is 1. The SMILES string of the molecule is CC(C)CN1CCN(c2ccc([N+](=O)[O-])cc2C(F)(F)F)CC1=O. The van der Waals surface area contributed by atoms with Crippen LogP contribution in [-0.2, 0) is 11.0 Å². The summed E-state index contributed by atoms with van der Waals surface area (Å²) in [6.07, 6.45) is -4.74. The third-order valence-corrected chi connectivity index (χ3v) is 3.74. The highest BCUT2D eigenvalue weighted by Crippen LogP contribution is 2.39. The topological polar surface area (TPSA) is 66.7 Å². The molecule has 0 aliphatic carbocycles. The quantitative estimate of drug-likeness (QED) is 0.622. The number of benzene rings is 1. The maximum Gasteiger partial charge on any atom is 0.418 e. The maximum atomic E-state index is 13.2. The van der Waals surface area contributed by atoms with Crippen LogP contribution in [0.4, 0.5) is 24.5 Å². The molecule has 132 valence electrons. The monoisotopic (exact) mass is 345 g/mol. The van der Waals surface area contributed by atoms with E-state index in [1.54, 1.807) is 4.90 Å². The molecule has 0 bridgehead atoms. The minimum Gasteiger partial charge on any atom is -0.360 e. The fraction of sp³-hybridized carbons (Fsp3) is 0.533. The summed E-state index contributed by atoms with van der Waals surface area (Å²) in [7, 11) is 0. The van der Waals surface area contributed by atoms with Gasteiger partial charge in [0.15, 0.2) is 0 Å². The van der Waals surface area contributed by atoms with Crippen molar-refractivity contribution in [3.63, 3.8) is 0 Å². The predicted octanol–water partition coefficient (Wildman–Crippen LogP) is 2.92. The second-order valence-corrected chi connectivity index (χ2v) is 6.11. The second-order valence-electron chi connectivity index (χ2n) is 6.11. The van der Waals surface area contributed by atoms with Crippen LogP contribution in [0, 0.1) is 16.0 Å². The number of hydrogen-bond acceptors (Lipinski definition) is 4. The van der Waals surface area contributed by atoms with Crippen molar-refractivity contribution in [2.75, 3.05) is 31.1 Å². The predicted molar refractivity (Wildman–Crippen MR) is 81.7 cm³/mol. The van der Waals surface area contributed by atoms with E-state index in [0.29, 0.717) is 19.2 Å². The molecule has 24 heavy (non-hydrogen) atoms. The van der Waals surface area contributed by atoms with E-state index in [1.165, 1.54) is 4.90 Å². The van der Waals surface area contributed by atoms with Crippen LogP contribution in [0.2, 0.25) is 0 Å². The van der Waals surface area contributed by atoms with Crippen molar-refractivity contribution in [1.82, 2.24) is 4.90 Å². The number of nitro groups is 1. The fourth-order valence-electron chi connectivity index (χ4n) is 2.69. The Hall–Kier alpha value is -2.32. The van der Waals surface area contributed by atoms with E-state index < -0.39 is 22.4 Å². The van der Waals surface area contributed by atoms with Gasteiger partial charge in [-0.05, 0) is 12.0 Å². The van der Waals surface area contributed by atoms with Crippen LogP contribution < -0.4 is 4.90 Å². The number of halogens is 3. The lowest BCUT2D eigenvalue weighted by Crippen LogP contribution is -2.51. The molecule has 1 heterocycles. The van der Waals surface area contributed by atoms with Gasteiger partial charge in [-0.2, -0.15) is 13.2 Å². The molecule has 1 fully saturated rings. The molecule has 0 atom stereocenters. The van der Waals surface area contributed by atoms with Crippen LogP contribution >= 0.6 is 0 Å². The van der Waals surface area contributed by atoms with E-state index in [-0.39, 0.29) is 30.6 Å². The molecule has 0 N–H and O–H groups in total. The Labute approximate surface area is 137 Å². The summed E-state index contributed by atoms with van der Waals surface area (Å²) in [6, 6.07) is 2.60. The minimum absolute atomic E-state index is 0.173. The number of anilines is 1. The Morgan fingerprint density at radius 1 is 1.29 bits per heavy atom. The van der Waals surface area contributed by atoms with Crippen molar-refractivity contribution in [3.8, 4) is 0 Å². The fourth-order valence-corrected chi connectivity index (χ4v) is 2.69. The van der Waals surface area contributed by atoms with Gasteiger partial charge in [-0.1, -0.05) is 13.8 Å². The molecule has 0 spiro atoms. The number of rotatable bonds is 4. The Bertz CT molecular complexity index is 647. The number of non-ortho nitro benzene ring substituents is 1. The van der Waals surface area contributed by atoms with Crippen molar-refractivity contribution >= 4 is 17.3 Å². The summed E-state index contributed by atoms with van der Waals surface area (Å²) in [5, 5.41) is 10.7. The van der Waals surface area contributed by atoms with Crippen molar-refractivity contribution in [3.05, 3.63) is 33.9 Å². The summed E-state index contributed by atoms with van der Waals surface area (Å²) in [5.74, 6) is 0.0204. The van der Waals surface area contributed by atoms with E-state index in [1.807, 2.05) is 13.8 Å². The summed E-state index contributed by atoms with van der Waals surface area (Å²) in [6.45, 7) is 4.87. The van der Waals surface area contributed by atoms with Gasteiger partial charge in [0.05, 0.1) is 17.0 Å².